The lowest BCUT2D eigenvalue weighted by Crippen LogP contribution is -2.14. The van der Waals surface area contributed by atoms with Crippen LogP contribution in [-0.4, -0.2) is 32.3 Å². The fourth-order valence-corrected chi connectivity index (χ4v) is 2.44. The molecule has 1 heterocycles. The lowest BCUT2D eigenvalue weighted by Gasteiger charge is -2.13. The Kier molecular flexibility index (Phi) is 6.77. The van der Waals surface area contributed by atoms with E-state index < -0.39 is 11.6 Å². The first kappa shape index (κ1) is 19.5. The standard InChI is InChI=1S/C19H22O7/c1-4-7-24-17(20)6-5-13-9-14-12(2)8-18(21)26-16(14)10-15(13)25-11-19(22)23-3/h8-10H,4-7,11H2,1-3H3. The van der Waals surface area contributed by atoms with Gasteiger partial charge in [0.25, 0.3) is 0 Å². The highest BCUT2D eigenvalue weighted by atomic mass is 16.6. The van der Waals surface area contributed by atoms with E-state index in [9.17, 15) is 14.4 Å². The van der Waals surface area contributed by atoms with Crippen molar-refractivity contribution in [3.05, 3.63) is 39.7 Å². The number of fused-ring (bicyclic) bond motifs is 1. The van der Waals surface area contributed by atoms with E-state index in [1.807, 2.05) is 6.92 Å². The molecule has 0 fully saturated rings. The second kappa shape index (κ2) is 9.03. The number of methoxy groups -OCH3 is 1. The number of rotatable bonds is 8. The summed E-state index contributed by atoms with van der Waals surface area (Å²) in [6, 6.07) is 4.75. The van der Waals surface area contributed by atoms with E-state index in [0.29, 0.717) is 29.9 Å². The summed E-state index contributed by atoms with van der Waals surface area (Å²) < 4.78 is 20.4. The molecule has 26 heavy (non-hydrogen) atoms. The molecule has 0 spiro atoms. The van der Waals surface area contributed by atoms with Gasteiger partial charge in [0.15, 0.2) is 6.61 Å². The summed E-state index contributed by atoms with van der Waals surface area (Å²) in [7, 11) is 1.26. The van der Waals surface area contributed by atoms with E-state index in [4.69, 9.17) is 13.9 Å². The first-order valence-corrected chi connectivity index (χ1v) is 8.37. The number of benzene rings is 1. The summed E-state index contributed by atoms with van der Waals surface area (Å²) in [4.78, 5) is 34.7. The monoisotopic (exact) mass is 362 g/mol. The number of esters is 2. The van der Waals surface area contributed by atoms with Gasteiger partial charge in [-0.2, -0.15) is 0 Å². The molecule has 0 saturated heterocycles. The van der Waals surface area contributed by atoms with E-state index in [1.54, 1.807) is 19.1 Å². The molecular formula is C19H22O7. The minimum Gasteiger partial charge on any atom is -0.481 e. The Morgan fingerprint density at radius 3 is 2.62 bits per heavy atom. The van der Waals surface area contributed by atoms with Crippen LogP contribution >= 0.6 is 0 Å². The first-order valence-electron chi connectivity index (χ1n) is 8.37. The molecule has 1 aromatic carbocycles. The van der Waals surface area contributed by atoms with Gasteiger partial charge in [0.1, 0.15) is 11.3 Å². The zero-order valence-corrected chi connectivity index (χ0v) is 15.1. The van der Waals surface area contributed by atoms with E-state index in [2.05, 4.69) is 4.74 Å². The number of carbonyl (C=O) groups is 2. The van der Waals surface area contributed by atoms with Crippen LogP contribution in [0, 0.1) is 6.92 Å². The van der Waals surface area contributed by atoms with Gasteiger partial charge in [0, 0.05) is 23.9 Å². The van der Waals surface area contributed by atoms with Gasteiger partial charge in [-0.15, -0.1) is 0 Å². The largest absolute Gasteiger partial charge is 0.481 e. The molecule has 2 rings (SSSR count). The molecule has 7 heteroatoms. The summed E-state index contributed by atoms with van der Waals surface area (Å²) in [5, 5.41) is 0.743. The van der Waals surface area contributed by atoms with Crippen LogP contribution in [0.1, 0.15) is 30.9 Å². The maximum Gasteiger partial charge on any atom is 0.343 e. The zero-order valence-electron chi connectivity index (χ0n) is 15.1. The van der Waals surface area contributed by atoms with Gasteiger partial charge in [-0.25, -0.2) is 9.59 Å². The maximum atomic E-state index is 11.8. The van der Waals surface area contributed by atoms with Crippen LogP contribution in [0.2, 0.25) is 0 Å². The Balaban J connectivity index is 2.32. The van der Waals surface area contributed by atoms with Crippen molar-refractivity contribution < 1.29 is 28.2 Å². The van der Waals surface area contributed by atoms with Gasteiger partial charge >= 0.3 is 17.6 Å². The minimum absolute atomic E-state index is 0.177. The molecule has 0 unspecified atom stereocenters. The van der Waals surface area contributed by atoms with Gasteiger partial charge in [-0.1, -0.05) is 6.92 Å². The van der Waals surface area contributed by atoms with Crippen LogP contribution in [0.4, 0.5) is 0 Å². The van der Waals surface area contributed by atoms with Crippen molar-refractivity contribution in [2.45, 2.75) is 33.1 Å². The van der Waals surface area contributed by atoms with Crippen molar-refractivity contribution in [1.82, 2.24) is 0 Å². The SMILES string of the molecule is CCCOC(=O)CCc1cc2c(C)cc(=O)oc2cc1OCC(=O)OC. The van der Waals surface area contributed by atoms with Gasteiger partial charge in [0.05, 0.1) is 13.7 Å². The van der Waals surface area contributed by atoms with Crippen LogP contribution in [0.15, 0.2) is 27.4 Å². The average molecular weight is 362 g/mol. The lowest BCUT2D eigenvalue weighted by molar-refractivity contribution is -0.144. The third kappa shape index (κ3) is 5.08. The molecule has 0 bridgehead atoms. The number of carbonyl (C=O) groups excluding carboxylic acids is 2. The summed E-state index contributed by atoms with van der Waals surface area (Å²) in [6.45, 7) is 3.82. The number of hydrogen-bond donors (Lipinski definition) is 0. The molecule has 0 saturated carbocycles. The highest BCUT2D eigenvalue weighted by molar-refractivity contribution is 5.83. The third-order valence-electron chi connectivity index (χ3n) is 3.77. The molecule has 0 atom stereocenters. The number of aryl methyl sites for hydroxylation is 2. The van der Waals surface area contributed by atoms with Crippen LogP contribution in [0.25, 0.3) is 11.0 Å². The highest BCUT2D eigenvalue weighted by Gasteiger charge is 2.14. The number of ether oxygens (including phenoxy) is 3. The Bertz CT molecular complexity index is 851. The second-order valence-electron chi connectivity index (χ2n) is 5.79. The summed E-state index contributed by atoms with van der Waals surface area (Å²) in [5.74, 6) is -0.480. The van der Waals surface area contributed by atoms with Gasteiger partial charge in [-0.05, 0) is 37.0 Å². The quantitative estimate of drug-likeness (QED) is 0.526. The van der Waals surface area contributed by atoms with Crippen LogP contribution in [0.5, 0.6) is 5.75 Å². The highest BCUT2D eigenvalue weighted by Crippen LogP contribution is 2.28. The topological polar surface area (TPSA) is 92.0 Å². The Labute approximate surface area is 150 Å². The molecule has 1 aromatic heterocycles. The van der Waals surface area contributed by atoms with E-state index in [0.717, 1.165) is 17.4 Å². The maximum absolute atomic E-state index is 11.8. The van der Waals surface area contributed by atoms with Crippen LogP contribution in [0.3, 0.4) is 0 Å². The Morgan fingerprint density at radius 1 is 1.15 bits per heavy atom. The normalized spacial score (nSPS) is 10.6. The molecule has 0 aliphatic carbocycles. The first-order chi connectivity index (χ1) is 12.4. The zero-order chi connectivity index (χ0) is 19.1. The van der Waals surface area contributed by atoms with E-state index in [-0.39, 0.29) is 19.0 Å². The van der Waals surface area contributed by atoms with Gasteiger partial charge in [0.2, 0.25) is 0 Å². The smallest absolute Gasteiger partial charge is 0.343 e. The molecule has 0 amide bonds. The minimum atomic E-state index is -0.538. The van der Waals surface area contributed by atoms with Crippen molar-refractivity contribution in [2.75, 3.05) is 20.3 Å². The second-order valence-corrected chi connectivity index (χ2v) is 5.79. The van der Waals surface area contributed by atoms with Crippen molar-refractivity contribution in [3.63, 3.8) is 0 Å². The van der Waals surface area contributed by atoms with Crippen LogP contribution < -0.4 is 10.4 Å². The average Bonchev–Trinajstić information content (AvgIpc) is 2.62. The molecule has 0 aliphatic rings. The van der Waals surface area contributed by atoms with E-state index >= 15 is 0 Å². The van der Waals surface area contributed by atoms with Crippen molar-refractivity contribution in [1.29, 1.82) is 0 Å². The molecule has 2 aromatic rings. The molecule has 0 N–H and O–H groups in total. The molecular weight excluding hydrogens is 340 g/mol. The molecule has 140 valence electrons. The summed E-state index contributed by atoms with van der Waals surface area (Å²) in [5.41, 5.74) is 1.36. The number of hydrogen-bond acceptors (Lipinski definition) is 7. The molecule has 0 radical (unpaired) electrons. The fraction of sp³-hybridized carbons (Fsp3) is 0.421. The lowest BCUT2D eigenvalue weighted by atomic mass is 10.0. The molecule has 7 nitrogen and oxygen atoms in total. The summed E-state index contributed by atoms with van der Waals surface area (Å²) in [6.07, 6.45) is 1.30. The predicted molar refractivity (Wildman–Crippen MR) is 94.3 cm³/mol. The van der Waals surface area contributed by atoms with Gasteiger partial charge < -0.3 is 18.6 Å². The van der Waals surface area contributed by atoms with Crippen molar-refractivity contribution in [2.24, 2.45) is 0 Å². The third-order valence-corrected chi connectivity index (χ3v) is 3.77. The predicted octanol–water partition coefficient (Wildman–Crippen LogP) is 2.54. The fourth-order valence-electron chi connectivity index (χ4n) is 2.44. The molecule has 0 aliphatic heterocycles. The van der Waals surface area contributed by atoms with E-state index in [1.165, 1.54) is 13.2 Å². The van der Waals surface area contributed by atoms with Gasteiger partial charge in [-0.3, -0.25) is 4.79 Å². The van der Waals surface area contributed by atoms with Crippen LogP contribution in [-0.2, 0) is 25.5 Å². The Hall–Kier alpha value is -2.83. The Morgan fingerprint density at radius 2 is 1.92 bits per heavy atom. The van der Waals surface area contributed by atoms with Crippen molar-refractivity contribution >= 4 is 22.9 Å². The van der Waals surface area contributed by atoms with Crippen molar-refractivity contribution in [3.8, 4) is 5.75 Å². The summed E-state index contributed by atoms with van der Waals surface area (Å²) >= 11 is 0.